The summed E-state index contributed by atoms with van der Waals surface area (Å²) in [5.41, 5.74) is 5.40. The van der Waals surface area contributed by atoms with Crippen molar-refractivity contribution in [1.29, 1.82) is 0 Å². The van der Waals surface area contributed by atoms with Gasteiger partial charge in [0.15, 0.2) is 29.7 Å². The van der Waals surface area contributed by atoms with Crippen molar-refractivity contribution in [1.82, 2.24) is 4.90 Å². The molecule has 3 aliphatic rings. The van der Waals surface area contributed by atoms with Crippen LogP contribution in [0.5, 0.6) is 11.5 Å². The molecule has 0 atom stereocenters. The third kappa shape index (κ3) is 6.03. The molecule has 43 heavy (non-hydrogen) atoms. The summed E-state index contributed by atoms with van der Waals surface area (Å²) >= 11 is 0. The topological polar surface area (TPSA) is 93.1 Å². The highest BCUT2D eigenvalue weighted by Crippen LogP contribution is 2.55. The molecule has 1 aliphatic heterocycles. The van der Waals surface area contributed by atoms with Gasteiger partial charge in [0.2, 0.25) is 0 Å². The van der Waals surface area contributed by atoms with E-state index in [0.717, 1.165) is 22.5 Å². The Hall–Kier alpha value is -4.13. The number of carbonyl (C=O) groups excluding carboxylic acids is 2. The van der Waals surface area contributed by atoms with Crippen LogP contribution in [0.4, 0.5) is 0 Å². The second-order valence-electron chi connectivity index (χ2n) is 13.5. The van der Waals surface area contributed by atoms with E-state index in [9.17, 15) is 19.5 Å². The van der Waals surface area contributed by atoms with E-state index in [2.05, 4.69) is 51.3 Å². The molecule has 2 aliphatic carbocycles. The second-order valence-corrected chi connectivity index (χ2v) is 13.5. The van der Waals surface area contributed by atoms with Crippen LogP contribution in [0, 0.1) is 10.8 Å². The summed E-state index contributed by atoms with van der Waals surface area (Å²) in [6.07, 6.45) is 4.30. The Kier molecular flexibility index (Phi) is 8.12. The van der Waals surface area contributed by atoms with E-state index in [0.29, 0.717) is 66.9 Å². The van der Waals surface area contributed by atoms with E-state index in [4.69, 9.17) is 9.47 Å². The molecule has 0 amide bonds. The molecule has 7 nitrogen and oxygen atoms in total. The average Bonchev–Trinajstić information content (AvgIpc) is 2.92. The molecule has 2 aromatic carbocycles. The Bertz CT molecular complexity index is 1490. The maximum atomic E-state index is 14.2. The van der Waals surface area contributed by atoms with E-state index >= 15 is 0 Å². The number of hydrogen-bond acceptors (Lipinski definition) is 6. The van der Waals surface area contributed by atoms with Gasteiger partial charge in [-0.1, -0.05) is 70.2 Å². The van der Waals surface area contributed by atoms with Crippen LogP contribution in [-0.4, -0.2) is 41.3 Å². The van der Waals surface area contributed by atoms with Crippen LogP contribution >= 0.6 is 0 Å². The molecule has 7 heteroatoms. The highest BCUT2D eigenvalue weighted by molar-refractivity contribution is 6.07. The number of carboxylic acid groups (broad SMARTS) is 1. The van der Waals surface area contributed by atoms with Crippen LogP contribution in [0.1, 0.15) is 76.0 Å². The summed E-state index contributed by atoms with van der Waals surface area (Å²) in [7, 11) is 1.50. The van der Waals surface area contributed by atoms with Crippen LogP contribution in [0.3, 0.4) is 0 Å². The zero-order chi connectivity index (χ0) is 31.1. The Morgan fingerprint density at radius 2 is 1.56 bits per heavy atom. The molecule has 0 bridgehead atoms. The van der Waals surface area contributed by atoms with Gasteiger partial charge in [-0.3, -0.25) is 9.59 Å². The highest BCUT2D eigenvalue weighted by atomic mass is 16.5. The minimum atomic E-state index is -1.10. The number of carboxylic acids is 1. The maximum absolute atomic E-state index is 14.2. The van der Waals surface area contributed by atoms with Crippen molar-refractivity contribution in [3.63, 3.8) is 0 Å². The van der Waals surface area contributed by atoms with Gasteiger partial charge in [-0.15, -0.1) is 6.58 Å². The number of carbonyl (C=O) groups is 3. The molecular formula is C36H41NO6. The van der Waals surface area contributed by atoms with Gasteiger partial charge in [-0.2, -0.15) is 0 Å². The number of nitrogens with zero attached hydrogens (tertiary/aromatic N) is 1. The minimum Gasteiger partial charge on any atom is -0.493 e. The Morgan fingerprint density at radius 3 is 2.07 bits per heavy atom. The Morgan fingerprint density at radius 1 is 0.977 bits per heavy atom. The number of rotatable bonds is 9. The second kappa shape index (κ2) is 11.5. The van der Waals surface area contributed by atoms with Gasteiger partial charge in [0.25, 0.3) is 0 Å². The lowest BCUT2D eigenvalue weighted by Crippen LogP contribution is -2.44. The summed E-state index contributed by atoms with van der Waals surface area (Å²) in [4.78, 5) is 42.0. The fourth-order valence-corrected chi connectivity index (χ4v) is 6.94. The zero-order valence-corrected chi connectivity index (χ0v) is 25.8. The van der Waals surface area contributed by atoms with Crippen molar-refractivity contribution in [2.45, 2.75) is 72.3 Å². The van der Waals surface area contributed by atoms with Crippen LogP contribution < -0.4 is 9.47 Å². The number of ether oxygens (including phenoxy) is 2. The van der Waals surface area contributed by atoms with Gasteiger partial charge in [0.1, 0.15) is 0 Å². The molecule has 0 saturated heterocycles. The Balaban J connectivity index is 1.77. The first kappa shape index (κ1) is 30.3. The smallest absolute Gasteiger partial charge is 0.341 e. The number of methoxy groups -OCH3 is 1. The molecule has 0 fully saturated rings. The number of benzene rings is 2. The number of hydrogen-bond donors (Lipinski definition) is 1. The Labute approximate surface area is 253 Å². The predicted octanol–water partition coefficient (Wildman–Crippen LogP) is 6.77. The van der Waals surface area contributed by atoms with E-state index in [1.54, 1.807) is 12.1 Å². The van der Waals surface area contributed by atoms with Crippen molar-refractivity contribution < 1.29 is 29.0 Å². The molecule has 226 valence electrons. The van der Waals surface area contributed by atoms with Gasteiger partial charge >= 0.3 is 5.97 Å². The van der Waals surface area contributed by atoms with Gasteiger partial charge in [0.05, 0.1) is 7.11 Å². The van der Waals surface area contributed by atoms with Crippen molar-refractivity contribution in [3.05, 3.63) is 94.4 Å². The first-order valence-corrected chi connectivity index (χ1v) is 14.8. The molecule has 0 unspecified atom stereocenters. The van der Waals surface area contributed by atoms with Gasteiger partial charge < -0.3 is 19.5 Å². The van der Waals surface area contributed by atoms with Gasteiger partial charge in [-0.25, -0.2) is 4.79 Å². The van der Waals surface area contributed by atoms with E-state index in [1.165, 1.54) is 7.11 Å². The number of Topliss-reactive ketones (excluding diaryl/α,β-unsaturated/α-hetero) is 2. The molecule has 1 heterocycles. The van der Waals surface area contributed by atoms with Gasteiger partial charge in [-0.05, 0) is 47.3 Å². The third-order valence-electron chi connectivity index (χ3n) is 8.62. The lowest BCUT2D eigenvalue weighted by atomic mass is 9.63. The zero-order valence-electron chi connectivity index (χ0n) is 25.8. The highest BCUT2D eigenvalue weighted by Gasteiger charge is 2.49. The van der Waals surface area contributed by atoms with Crippen molar-refractivity contribution in [2.24, 2.45) is 10.8 Å². The quantitative estimate of drug-likeness (QED) is 0.326. The summed E-state index contributed by atoms with van der Waals surface area (Å²) in [6, 6.07) is 13.9. The average molecular weight is 584 g/mol. The third-order valence-corrected chi connectivity index (χ3v) is 8.62. The van der Waals surface area contributed by atoms with Gasteiger partial charge in [0, 0.05) is 53.4 Å². The van der Waals surface area contributed by atoms with Crippen molar-refractivity contribution >= 4 is 17.5 Å². The van der Waals surface area contributed by atoms with Crippen molar-refractivity contribution in [3.8, 4) is 11.5 Å². The minimum absolute atomic E-state index is 0.0499. The number of aliphatic carboxylic acids is 1. The standard InChI is InChI=1S/C36H41NO6/c1-7-11-23-14-24(15-29(42-6)34(23)43-21-30(40)41)31-32-25(16-35(2,3)18-27(32)38)37(20-22-12-9-8-10-13-22)26-17-36(4,5)19-28(39)33(26)31/h7-10,12-15,31H,1,11,16-21H2,2-6H3,(H,40,41). The molecule has 0 aromatic heterocycles. The lowest BCUT2D eigenvalue weighted by molar-refractivity contribution is -0.139. The van der Waals surface area contributed by atoms with E-state index in [1.807, 2.05) is 24.3 Å². The van der Waals surface area contributed by atoms with Crippen LogP contribution in [0.25, 0.3) is 0 Å². The summed E-state index contributed by atoms with van der Waals surface area (Å²) in [5.74, 6) is -0.876. The molecule has 5 rings (SSSR count). The summed E-state index contributed by atoms with van der Waals surface area (Å²) in [5, 5.41) is 9.27. The fraction of sp³-hybridized carbons (Fsp3) is 0.417. The SMILES string of the molecule is C=CCc1cc(C2C3=C(CC(C)(C)CC3=O)N(Cc3ccccc3)C3=C2C(=O)CC(C)(C)C3)cc(OC)c1OCC(=O)O. The number of ketones is 2. The molecular weight excluding hydrogens is 542 g/mol. The molecule has 0 spiro atoms. The summed E-state index contributed by atoms with van der Waals surface area (Å²) in [6.45, 7) is 12.4. The lowest BCUT2D eigenvalue weighted by Gasteiger charge is -2.49. The monoisotopic (exact) mass is 583 g/mol. The summed E-state index contributed by atoms with van der Waals surface area (Å²) < 4.78 is 11.4. The maximum Gasteiger partial charge on any atom is 0.341 e. The molecule has 2 aromatic rings. The predicted molar refractivity (Wildman–Crippen MR) is 165 cm³/mol. The van der Waals surface area contributed by atoms with Crippen LogP contribution in [-0.2, 0) is 27.3 Å². The molecule has 0 saturated carbocycles. The normalized spacial score (nSPS) is 19.6. The largest absolute Gasteiger partial charge is 0.493 e. The molecule has 1 N–H and O–H groups in total. The van der Waals surface area contributed by atoms with E-state index in [-0.39, 0.29) is 22.4 Å². The fourth-order valence-electron chi connectivity index (χ4n) is 6.94. The molecule has 0 radical (unpaired) electrons. The van der Waals surface area contributed by atoms with Crippen molar-refractivity contribution in [2.75, 3.05) is 13.7 Å². The number of allylic oxidation sites excluding steroid dienone is 5. The van der Waals surface area contributed by atoms with Crippen LogP contribution in [0.2, 0.25) is 0 Å². The first-order valence-electron chi connectivity index (χ1n) is 14.8. The first-order chi connectivity index (χ1) is 20.3. The van der Waals surface area contributed by atoms with E-state index < -0.39 is 18.5 Å². The van der Waals surface area contributed by atoms with Crippen LogP contribution in [0.15, 0.2) is 77.7 Å².